The van der Waals surface area contributed by atoms with Crippen LogP contribution in [0.15, 0.2) is 23.3 Å². The Labute approximate surface area is 151 Å². The molecule has 0 bridgehead atoms. The summed E-state index contributed by atoms with van der Waals surface area (Å²) in [5, 5.41) is 6.62. The number of aromatic nitrogens is 1. The molecule has 0 radical (unpaired) electrons. The first-order valence-electron chi connectivity index (χ1n) is 7.59. The van der Waals surface area contributed by atoms with Gasteiger partial charge in [0.15, 0.2) is 5.96 Å². The Bertz CT molecular complexity index is 458. The summed E-state index contributed by atoms with van der Waals surface area (Å²) in [5.74, 6) is 1.48. The largest absolute Gasteiger partial charge is 0.477 e. The van der Waals surface area contributed by atoms with Crippen LogP contribution in [0.3, 0.4) is 0 Å². The van der Waals surface area contributed by atoms with E-state index < -0.39 is 0 Å². The predicted molar refractivity (Wildman–Crippen MR) is 103 cm³/mol. The van der Waals surface area contributed by atoms with Crippen molar-refractivity contribution in [3.63, 3.8) is 0 Å². The third-order valence-corrected chi connectivity index (χ3v) is 2.54. The minimum atomic E-state index is -0.0303. The maximum absolute atomic E-state index is 5.66. The molecule has 6 heteroatoms. The van der Waals surface area contributed by atoms with Crippen molar-refractivity contribution in [3.8, 4) is 5.88 Å². The summed E-state index contributed by atoms with van der Waals surface area (Å²) in [6.45, 7) is 12.5. The molecular formula is C16H29IN4O. The second-order valence-corrected chi connectivity index (χ2v) is 5.89. The smallest absolute Gasteiger partial charge is 0.218 e. The van der Waals surface area contributed by atoms with Crippen LogP contribution in [0.2, 0.25) is 0 Å². The first-order valence-corrected chi connectivity index (χ1v) is 7.59. The number of nitrogens with zero attached hydrogens (tertiary/aromatic N) is 2. The molecule has 1 rings (SSSR count). The van der Waals surface area contributed by atoms with Crippen molar-refractivity contribution in [2.24, 2.45) is 4.99 Å². The molecule has 1 aromatic heterocycles. The number of guanidine groups is 1. The van der Waals surface area contributed by atoms with Gasteiger partial charge in [0.1, 0.15) is 0 Å². The summed E-state index contributed by atoms with van der Waals surface area (Å²) in [6.07, 6.45) is 2.71. The lowest BCUT2D eigenvalue weighted by atomic mass is 10.1. The third kappa shape index (κ3) is 8.41. The van der Waals surface area contributed by atoms with Gasteiger partial charge in [0, 0.05) is 23.8 Å². The van der Waals surface area contributed by atoms with Crippen LogP contribution < -0.4 is 15.4 Å². The second kappa shape index (κ2) is 10.6. The highest BCUT2D eigenvalue weighted by Crippen LogP contribution is 2.15. The van der Waals surface area contributed by atoms with Gasteiger partial charge in [0.2, 0.25) is 5.88 Å². The van der Waals surface area contributed by atoms with Crippen molar-refractivity contribution in [2.45, 2.75) is 53.1 Å². The molecule has 0 aromatic carbocycles. The standard InChI is InChI=1S/C16H28N4O.HI/c1-6-11-21-14-13(9-8-10-18-14)12-19-15(17-7-2)20-16(3,4)5;/h8-10H,6-7,11-12H2,1-5H3,(H2,17,19,20);1H. The molecule has 0 spiro atoms. The number of halogens is 1. The lowest BCUT2D eigenvalue weighted by Crippen LogP contribution is -2.47. The zero-order valence-electron chi connectivity index (χ0n) is 14.3. The van der Waals surface area contributed by atoms with Crippen molar-refractivity contribution in [1.82, 2.24) is 15.6 Å². The van der Waals surface area contributed by atoms with E-state index in [-0.39, 0.29) is 29.5 Å². The average Bonchev–Trinajstić information content (AvgIpc) is 2.42. The van der Waals surface area contributed by atoms with Gasteiger partial charge in [-0.3, -0.25) is 0 Å². The maximum Gasteiger partial charge on any atom is 0.218 e. The van der Waals surface area contributed by atoms with Crippen LogP contribution in [-0.4, -0.2) is 29.6 Å². The van der Waals surface area contributed by atoms with Crippen LogP contribution in [0.5, 0.6) is 5.88 Å². The van der Waals surface area contributed by atoms with Crippen LogP contribution in [0.1, 0.15) is 46.6 Å². The van der Waals surface area contributed by atoms with E-state index in [1.54, 1.807) is 6.20 Å². The quantitative estimate of drug-likeness (QED) is 0.421. The Morgan fingerprint density at radius 3 is 2.64 bits per heavy atom. The topological polar surface area (TPSA) is 58.5 Å². The lowest BCUT2D eigenvalue weighted by Gasteiger charge is -2.23. The van der Waals surface area contributed by atoms with E-state index in [2.05, 4.69) is 55.2 Å². The SMILES string of the molecule is CCCOc1ncccc1CN=C(NCC)NC(C)(C)C.I. The van der Waals surface area contributed by atoms with E-state index in [0.717, 1.165) is 24.5 Å². The van der Waals surface area contributed by atoms with E-state index in [4.69, 9.17) is 4.74 Å². The molecule has 1 heterocycles. The first kappa shape index (κ1) is 20.9. The summed E-state index contributed by atoms with van der Waals surface area (Å²) >= 11 is 0. The van der Waals surface area contributed by atoms with Crippen LogP contribution >= 0.6 is 24.0 Å². The molecular weight excluding hydrogens is 391 g/mol. The minimum Gasteiger partial charge on any atom is -0.477 e. The molecule has 0 amide bonds. The third-order valence-electron chi connectivity index (χ3n) is 2.54. The zero-order chi connectivity index (χ0) is 15.7. The number of aliphatic imine (C=N–C) groups is 1. The monoisotopic (exact) mass is 420 g/mol. The summed E-state index contributed by atoms with van der Waals surface area (Å²) in [7, 11) is 0. The minimum absolute atomic E-state index is 0. The number of ether oxygens (including phenoxy) is 1. The highest BCUT2D eigenvalue weighted by molar-refractivity contribution is 14.0. The van der Waals surface area contributed by atoms with E-state index in [9.17, 15) is 0 Å². The van der Waals surface area contributed by atoms with Gasteiger partial charge >= 0.3 is 0 Å². The number of rotatable bonds is 6. The van der Waals surface area contributed by atoms with Crippen molar-refractivity contribution in [2.75, 3.05) is 13.2 Å². The van der Waals surface area contributed by atoms with Gasteiger partial charge in [-0.25, -0.2) is 9.98 Å². The Kier molecular flexibility index (Phi) is 10.1. The molecule has 0 aliphatic carbocycles. The highest BCUT2D eigenvalue weighted by Gasteiger charge is 2.12. The number of hydrogen-bond donors (Lipinski definition) is 2. The van der Waals surface area contributed by atoms with Crippen LogP contribution in [-0.2, 0) is 6.54 Å². The fourth-order valence-electron chi connectivity index (χ4n) is 1.70. The fourth-order valence-corrected chi connectivity index (χ4v) is 1.70. The van der Waals surface area contributed by atoms with E-state index >= 15 is 0 Å². The Balaban J connectivity index is 0.00000441. The van der Waals surface area contributed by atoms with Crippen LogP contribution in [0.25, 0.3) is 0 Å². The summed E-state index contributed by atoms with van der Waals surface area (Å²) in [6, 6.07) is 3.91. The van der Waals surface area contributed by atoms with Crippen molar-refractivity contribution in [1.29, 1.82) is 0 Å². The molecule has 2 N–H and O–H groups in total. The second-order valence-electron chi connectivity index (χ2n) is 5.89. The Morgan fingerprint density at radius 1 is 1.32 bits per heavy atom. The molecule has 0 atom stereocenters. The van der Waals surface area contributed by atoms with Gasteiger partial charge in [-0.05, 0) is 40.2 Å². The fraction of sp³-hybridized carbons (Fsp3) is 0.625. The number of hydrogen-bond acceptors (Lipinski definition) is 3. The Hall–Kier alpha value is -1.05. The normalized spacial score (nSPS) is 11.6. The maximum atomic E-state index is 5.66. The molecule has 22 heavy (non-hydrogen) atoms. The van der Waals surface area contributed by atoms with Crippen LogP contribution in [0, 0.1) is 0 Å². The van der Waals surface area contributed by atoms with Gasteiger partial charge in [-0.15, -0.1) is 24.0 Å². The van der Waals surface area contributed by atoms with Gasteiger partial charge < -0.3 is 15.4 Å². The summed E-state index contributed by atoms with van der Waals surface area (Å²) < 4.78 is 5.66. The molecule has 0 saturated heterocycles. The molecule has 5 nitrogen and oxygen atoms in total. The van der Waals surface area contributed by atoms with Gasteiger partial charge in [-0.1, -0.05) is 13.0 Å². The van der Waals surface area contributed by atoms with E-state index in [0.29, 0.717) is 19.0 Å². The predicted octanol–water partition coefficient (Wildman–Crippen LogP) is 3.34. The zero-order valence-corrected chi connectivity index (χ0v) is 16.6. The highest BCUT2D eigenvalue weighted by atomic mass is 127. The van der Waals surface area contributed by atoms with Crippen LogP contribution in [0.4, 0.5) is 0 Å². The number of pyridine rings is 1. The van der Waals surface area contributed by atoms with Crippen molar-refractivity contribution >= 4 is 29.9 Å². The molecule has 0 saturated carbocycles. The van der Waals surface area contributed by atoms with E-state index in [1.165, 1.54) is 0 Å². The number of nitrogens with one attached hydrogen (secondary N) is 2. The molecule has 0 unspecified atom stereocenters. The van der Waals surface area contributed by atoms with Gasteiger partial charge in [0.25, 0.3) is 0 Å². The molecule has 126 valence electrons. The first-order chi connectivity index (χ1) is 9.96. The van der Waals surface area contributed by atoms with Gasteiger partial charge in [-0.2, -0.15) is 0 Å². The van der Waals surface area contributed by atoms with E-state index in [1.807, 2.05) is 12.1 Å². The van der Waals surface area contributed by atoms with Gasteiger partial charge in [0.05, 0.1) is 13.2 Å². The summed E-state index contributed by atoms with van der Waals surface area (Å²) in [5.41, 5.74) is 0.967. The molecule has 0 aliphatic rings. The molecule has 0 aliphatic heterocycles. The Morgan fingerprint density at radius 2 is 2.05 bits per heavy atom. The summed E-state index contributed by atoms with van der Waals surface area (Å²) in [4.78, 5) is 8.89. The van der Waals surface area contributed by atoms with Crippen molar-refractivity contribution in [3.05, 3.63) is 23.9 Å². The molecule has 0 fully saturated rings. The lowest BCUT2D eigenvalue weighted by molar-refractivity contribution is 0.302. The average molecular weight is 420 g/mol. The molecule has 1 aromatic rings. The van der Waals surface area contributed by atoms with Crippen molar-refractivity contribution < 1.29 is 4.74 Å².